The van der Waals surface area contributed by atoms with E-state index in [0.29, 0.717) is 6.04 Å². The van der Waals surface area contributed by atoms with Gasteiger partial charge in [0, 0.05) is 24.0 Å². The number of nitrogens with one attached hydrogen (secondary N) is 1. The SMILES string of the molecule is CNC1CCCC1CN(C)Cc1ccc(Cl)s1. The lowest BCUT2D eigenvalue weighted by atomic mass is 10.0. The molecule has 2 nitrogen and oxygen atoms in total. The quantitative estimate of drug-likeness (QED) is 0.885. The van der Waals surface area contributed by atoms with Crippen LogP contribution in [0.3, 0.4) is 0 Å². The fourth-order valence-electron chi connectivity index (χ4n) is 2.80. The van der Waals surface area contributed by atoms with Crippen LogP contribution in [-0.4, -0.2) is 31.6 Å². The lowest BCUT2D eigenvalue weighted by Crippen LogP contribution is -2.36. The molecule has 96 valence electrons. The summed E-state index contributed by atoms with van der Waals surface area (Å²) >= 11 is 7.64. The van der Waals surface area contributed by atoms with Gasteiger partial charge < -0.3 is 10.2 Å². The van der Waals surface area contributed by atoms with Crippen molar-refractivity contribution in [2.75, 3.05) is 20.6 Å². The smallest absolute Gasteiger partial charge is 0.0931 e. The molecular formula is C13H21ClN2S. The van der Waals surface area contributed by atoms with Crippen molar-refractivity contribution >= 4 is 22.9 Å². The summed E-state index contributed by atoms with van der Waals surface area (Å²) in [4.78, 5) is 3.78. The second-order valence-corrected chi connectivity index (χ2v) is 6.79. The van der Waals surface area contributed by atoms with E-state index in [1.165, 1.54) is 30.7 Å². The van der Waals surface area contributed by atoms with Crippen LogP contribution in [0.15, 0.2) is 12.1 Å². The predicted octanol–water partition coefficient (Wildman–Crippen LogP) is 3.22. The number of hydrogen-bond donors (Lipinski definition) is 1. The molecule has 1 aliphatic carbocycles. The molecule has 4 heteroatoms. The molecule has 0 spiro atoms. The second kappa shape index (κ2) is 6.19. The van der Waals surface area contributed by atoms with Gasteiger partial charge in [-0.2, -0.15) is 0 Å². The van der Waals surface area contributed by atoms with Crippen molar-refractivity contribution < 1.29 is 0 Å². The Bertz CT molecular complexity index is 353. The van der Waals surface area contributed by atoms with Gasteiger partial charge in [0.15, 0.2) is 0 Å². The van der Waals surface area contributed by atoms with Crippen LogP contribution in [0.5, 0.6) is 0 Å². The molecule has 0 aliphatic heterocycles. The standard InChI is InChI=1S/C13H21ClN2S/c1-15-12-5-3-4-10(12)8-16(2)9-11-6-7-13(14)17-11/h6-7,10,12,15H,3-5,8-9H2,1-2H3. The fourth-order valence-corrected chi connectivity index (χ4v) is 3.97. The molecule has 2 atom stereocenters. The van der Waals surface area contributed by atoms with Crippen LogP contribution in [0.4, 0.5) is 0 Å². The van der Waals surface area contributed by atoms with Crippen LogP contribution in [0.1, 0.15) is 24.1 Å². The van der Waals surface area contributed by atoms with Gasteiger partial charge in [-0.25, -0.2) is 0 Å². The van der Waals surface area contributed by atoms with E-state index in [-0.39, 0.29) is 0 Å². The highest BCUT2D eigenvalue weighted by Crippen LogP contribution is 2.27. The zero-order valence-corrected chi connectivity index (χ0v) is 12.2. The number of thiophene rings is 1. The van der Waals surface area contributed by atoms with Crippen molar-refractivity contribution in [2.24, 2.45) is 5.92 Å². The van der Waals surface area contributed by atoms with Crippen LogP contribution < -0.4 is 5.32 Å². The largest absolute Gasteiger partial charge is 0.317 e. The fraction of sp³-hybridized carbons (Fsp3) is 0.692. The van der Waals surface area contributed by atoms with Crippen molar-refractivity contribution in [2.45, 2.75) is 31.8 Å². The molecule has 0 amide bonds. The maximum absolute atomic E-state index is 5.95. The normalized spacial score (nSPS) is 24.7. The highest BCUT2D eigenvalue weighted by atomic mass is 35.5. The predicted molar refractivity (Wildman–Crippen MR) is 75.9 cm³/mol. The minimum absolute atomic E-state index is 0.712. The molecule has 0 bridgehead atoms. The van der Waals surface area contributed by atoms with E-state index in [9.17, 15) is 0 Å². The molecule has 0 saturated heterocycles. The molecule has 1 saturated carbocycles. The van der Waals surface area contributed by atoms with Crippen LogP contribution in [-0.2, 0) is 6.54 Å². The summed E-state index contributed by atoms with van der Waals surface area (Å²) in [7, 11) is 4.29. The average Bonchev–Trinajstić information content (AvgIpc) is 2.87. The molecule has 1 N–H and O–H groups in total. The Kier molecular flexibility index (Phi) is 4.86. The summed E-state index contributed by atoms with van der Waals surface area (Å²) in [5.74, 6) is 0.806. The third-order valence-corrected chi connectivity index (χ3v) is 4.85. The van der Waals surface area contributed by atoms with Gasteiger partial charge in [0.05, 0.1) is 4.34 Å². The van der Waals surface area contributed by atoms with Gasteiger partial charge in [-0.3, -0.25) is 0 Å². The number of halogens is 1. The molecule has 2 unspecified atom stereocenters. The molecule has 1 aromatic rings. The molecule has 1 fully saturated rings. The summed E-state index contributed by atoms with van der Waals surface area (Å²) in [5.41, 5.74) is 0. The van der Waals surface area contributed by atoms with E-state index in [2.05, 4.69) is 30.4 Å². The summed E-state index contributed by atoms with van der Waals surface area (Å²) in [6, 6.07) is 4.83. The van der Waals surface area contributed by atoms with Gasteiger partial charge in [-0.15, -0.1) is 11.3 Å². The van der Waals surface area contributed by atoms with E-state index >= 15 is 0 Å². The number of rotatable bonds is 5. The van der Waals surface area contributed by atoms with Gasteiger partial charge in [0.25, 0.3) is 0 Å². The van der Waals surface area contributed by atoms with E-state index in [1.54, 1.807) is 11.3 Å². The number of hydrogen-bond acceptors (Lipinski definition) is 3. The molecule has 0 aromatic carbocycles. The first-order chi connectivity index (χ1) is 8.19. The first-order valence-corrected chi connectivity index (χ1v) is 7.48. The Labute approximate surface area is 113 Å². The summed E-state index contributed by atoms with van der Waals surface area (Å²) in [5, 5.41) is 3.44. The van der Waals surface area contributed by atoms with E-state index < -0.39 is 0 Å². The topological polar surface area (TPSA) is 15.3 Å². The van der Waals surface area contributed by atoms with Crippen molar-refractivity contribution in [1.82, 2.24) is 10.2 Å². The molecular weight excluding hydrogens is 252 g/mol. The van der Waals surface area contributed by atoms with E-state index in [4.69, 9.17) is 11.6 Å². The Morgan fingerprint density at radius 2 is 2.29 bits per heavy atom. The van der Waals surface area contributed by atoms with Gasteiger partial charge >= 0.3 is 0 Å². The Hall–Kier alpha value is -0.0900. The minimum atomic E-state index is 0.712. The maximum Gasteiger partial charge on any atom is 0.0931 e. The lowest BCUT2D eigenvalue weighted by molar-refractivity contribution is 0.250. The monoisotopic (exact) mass is 272 g/mol. The van der Waals surface area contributed by atoms with E-state index in [0.717, 1.165) is 16.8 Å². The first-order valence-electron chi connectivity index (χ1n) is 6.29. The minimum Gasteiger partial charge on any atom is -0.317 e. The maximum atomic E-state index is 5.95. The van der Waals surface area contributed by atoms with Gasteiger partial charge in [-0.1, -0.05) is 18.0 Å². The van der Waals surface area contributed by atoms with Crippen LogP contribution >= 0.6 is 22.9 Å². The zero-order chi connectivity index (χ0) is 12.3. The Morgan fingerprint density at radius 1 is 1.47 bits per heavy atom. The van der Waals surface area contributed by atoms with Crippen molar-refractivity contribution in [3.05, 3.63) is 21.3 Å². The first kappa shape index (κ1) is 13.3. The molecule has 17 heavy (non-hydrogen) atoms. The van der Waals surface area contributed by atoms with E-state index in [1.807, 2.05) is 6.07 Å². The third-order valence-electron chi connectivity index (χ3n) is 3.63. The van der Waals surface area contributed by atoms with Gasteiger partial charge in [0.2, 0.25) is 0 Å². The Morgan fingerprint density at radius 3 is 2.94 bits per heavy atom. The van der Waals surface area contributed by atoms with Crippen molar-refractivity contribution in [1.29, 1.82) is 0 Å². The van der Waals surface area contributed by atoms with Crippen molar-refractivity contribution in [3.63, 3.8) is 0 Å². The molecule has 1 heterocycles. The summed E-state index contributed by atoms with van der Waals surface area (Å²) in [6.07, 6.45) is 4.07. The van der Waals surface area contributed by atoms with Gasteiger partial charge in [0.1, 0.15) is 0 Å². The van der Waals surface area contributed by atoms with Gasteiger partial charge in [-0.05, 0) is 45.0 Å². The third kappa shape index (κ3) is 3.68. The molecule has 0 radical (unpaired) electrons. The lowest BCUT2D eigenvalue weighted by Gasteiger charge is -2.25. The van der Waals surface area contributed by atoms with Crippen molar-refractivity contribution in [3.8, 4) is 0 Å². The molecule has 1 aromatic heterocycles. The summed E-state index contributed by atoms with van der Waals surface area (Å²) in [6.45, 7) is 2.20. The molecule has 1 aliphatic rings. The van der Waals surface area contributed by atoms with Crippen LogP contribution in [0, 0.1) is 5.92 Å². The summed E-state index contributed by atoms with van der Waals surface area (Å²) < 4.78 is 0.891. The zero-order valence-electron chi connectivity index (χ0n) is 10.6. The molecule has 2 rings (SSSR count). The Balaban J connectivity index is 1.82. The highest BCUT2D eigenvalue weighted by Gasteiger charge is 2.26. The highest BCUT2D eigenvalue weighted by molar-refractivity contribution is 7.16. The number of nitrogens with zero attached hydrogens (tertiary/aromatic N) is 1. The van der Waals surface area contributed by atoms with Crippen LogP contribution in [0.25, 0.3) is 0 Å². The van der Waals surface area contributed by atoms with Crippen LogP contribution in [0.2, 0.25) is 4.34 Å². The average molecular weight is 273 g/mol. The second-order valence-electron chi connectivity index (χ2n) is 4.99.